The minimum atomic E-state index is -0.136. The van der Waals surface area contributed by atoms with Crippen molar-refractivity contribution in [2.24, 2.45) is 0 Å². The van der Waals surface area contributed by atoms with Crippen LogP contribution >= 0.6 is 11.8 Å². The number of phenolic OH excluding ortho intramolecular Hbond substituents is 1. The summed E-state index contributed by atoms with van der Waals surface area (Å²) >= 11 is 1.30. The molecule has 0 aliphatic carbocycles. The number of ether oxygens (including phenoxy) is 1. The third kappa shape index (κ3) is 4.84. The first-order valence-corrected chi connectivity index (χ1v) is 12.2. The first-order valence-electron chi connectivity index (χ1n) is 11.2. The lowest BCUT2D eigenvalue weighted by Crippen LogP contribution is -2.15. The minimum absolute atomic E-state index is 0.125. The Morgan fingerprint density at radius 1 is 0.971 bits per heavy atom. The predicted molar refractivity (Wildman–Crippen MR) is 140 cm³/mol. The molecule has 0 aliphatic rings. The van der Waals surface area contributed by atoms with Crippen molar-refractivity contribution in [1.82, 2.24) is 14.8 Å². The summed E-state index contributed by atoms with van der Waals surface area (Å²) in [5, 5.41) is 27.0. The highest BCUT2D eigenvalue weighted by Crippen LogP contribution is 2.34. The minimum Gasteiger partial charge on any atom is -0.507 e. The monoisotopic (exact) mass is 484 g/mol. The zero-order chi connectivity index (χ0) is 24.2. The third-order valence-electron chi connectivity index (χ3n) is 5.74. The third-order valence-corrected chi connectivity index (χ3v) is 6.70. The van der Waals surface area contributed by atoms with E-state index in [1.165, 1.54) is 11.8 Å². The van der Waals surface area contributed by atoms with Crippen LogP contribution in [0.5, 0.6) is 5.75 Å². The number of nitrogens with zero attached hydrogens (tertiary/aromatic N) is 3. The standard InChI is InChI=1S/C27H24N4O3S/c1-34-14-13-31-26(22-15-19-8-2-3-9-20(19)16-24(22)32)29-30-27(31)35-17-25(33)28-23-12-6-10-18-7-4-5-11-21(18)23/h2-12,15-16,32H,13-14,17H2,1H3,(H,28,33). The Kier molecular flexibility index (Phi) is 6.65. The van der Waals surface area contributed by atoms with E-state index in [9.17, 15) is 9.90 Å². The fourth-order valence-electron chi connectivity index (χ4n) is 4.04. The van der Waals surface area contributed by atoms with E-state index in [-0.39, 0.29) is 17.4 Å². The van der Waals surface area contributed by atoms with Crippen LogP contribution in [0.1, 0.15) is 0 Å². The van der Waals surface area contributed by atoms with Gasteiger partial charge in [0.1, 0.15) is 5.75 Å². The van der Waals surface area contributed by atoms with Crippen molar-refractivity contribution in [2.45, 2.75) is 11.7 Å². The van der Waals surface area contributed by atoms with Gasteiger partial charge in [0, 0.05) is 18.2 Å². The topological polar surface area (TPSA) is 89.3 Å². The summed E-state index contributed by atoms with van der Waals surface area (Å²) < 4.78 is 7.16. The number of hydrogen-bond donors (Lipinski definition) is 2. The van der Waals surface area contributed by atoms with Crippen molar-refractivity contribution < 1.29 is 14.6 Å². The maximum absolute atomic E-state index is 12.8. The van der Waals surface area contributed by atoms with Gasteiger partial charge in [-0.1, -0.05) is 72.4 Å². The van der Waals surface area contributed by atoms with E-state index in [2.05, 4.69) is 15.5 Å². The number of amides is 1. The largest absolute Gasteiger partial charge is 0.507 e. The number of aromatic hydroxyl groups is 1. The average Bonchev–Trinajstić information content (AvgIpc) is 3.28. The molecule has 0 aliphatic heterocycles. The zero-order valence-electron chi connectivity index (χ0n) is 19.1. The molecule has 0 saturated carbocycles. The van der Waals surface area contributed by atoms with E-state index in [1.807, 2.05) is 77.4 Å². The number of anilines is 1. The molecule has 2 N–H and O–H groups in total. The van der Waals surface area contributed by atoms with Crippen LogP contribution < -0.4 is 5.32 Å². The van der Waals surface area contributed by atoms with Crippen molar-refractivity contribution in [3.05, 3.63) is 78.9 Å². The lowest BCUT2D eigenvalue weighted by atomic mass is 10.1. The number of nitrogens with one attached hydrogen (secondary N) is 1. The number of carbonyl (C=O) groups excluding carboxylic acids is 1. The van der Waals surface area contributed by atoms with Crippen LogP contribution in [0.25, 0.3) is 32.9 Å². The molecule has 0 bridgehead atoms. The summed E-state index contributed by atoms with van der Waals surface area (Å²) in [7, 11) is 1.63. The summed E-state index contributed by atoms with van der Waals surface area (Å²) in [4.78, 5) is 12.8. The second-order valence-corrected chi connectivity index (χ2v) is 8.97. The molecule has 0 spiro atoms. The molecule has 8 heteroatoms. The molecule has 0 radical (unpaired) electrons. The first kappa shape index (κ1) is 22.9. The highest BCUT2D eigenvalue weighted by Gasteiger charge is 2.19. The predicted octanol–water partition coefficient (Wildman–Crippen LogP) is 5.33. The van der Waals surface area contributed by atoms with Crippen molar-refractivity contribution in [1.29, 1.82) is 0 Å². The van der Waals surface area contributed by atoms with Crippen molar-refractivity contribution in [2.75, 3.05) is 24.8 Å². The molecule has 7 nitrogen and oxygen atoms in total. The van der Waals surface area contributed by atoms with E-state index in [0.29, 0.717) is 29.7 Å². The Hall–Kier alpha value is -3.88. The van der Waals surface area contributed by atoms with Crippen LogP contribution in [0.2, 0.25) is 0 Å². The summed E-state index contributed by atoms with van der Waals surface area (Å²) in [6.07, 6.45) is 0. The molecule has 1 heterocycles. The molecule has 1 amide bonds. The van der Waals surface area contributed by atoms with Gasteiger partial charge in [-0.25, -0.2) is 0 Å². The van der Waals surface area contributed by atoms with Crippen LogP contribution in [-0.2, 0) is 16.1 Å². The Balaban J connectivity index is 1.38. The van der Waals surface area contributed by atoms with Gasteiger partial charge in [0.2, 0.25) is 5.91 Å². The van der Waals surface area contributed by atoms with E-state index < -0.39 is 0 Å². The Morgan fingerprint density at radius 2 is 1.69 bits per heavy atom. The van der Waals surface area contributed by atoms with Gasteiger partial charge in [-0.3, -0.25) is 9.36 Å². The number of aromatic nitrogens is 3. The van der Waals surface area contributed by atoms with Gasteiger partial charge in [0.05, 0.1) is 24.5 Å². The number of thioether (sulfide) groups is 1. The number of carbonyl (C=O) groups is 1. The van der Waals surface area contributed by atoms with Gasteiger partial charge in [-0.15, -0.1) is 10.2 Å². The highest BCUT2D eigenvalue weighted by atomic mass is 32.2. The van der Waals surface area contributed by atoms with Gasteiger partial charge in [-0.05, 0) is 34.4 Å². The lowest BCUT2D eigenvalue weighted by Gasteiger charge is -2.12. The lowest BCUT2D eigenvalue weighted by molar-refractivity contribution is -0.113. The van der Waals surface area contributed by atoms with Gasteiger partial charge in [0.15, 0.2) is 11.0 Å². The molecule has 1 aromatic heterocycles. The Bertz CT molecular complexity index is 1510. The van der Waals surface area contributed by atoms with Crippen molar-refractivity contribution in [3.8, 4) is 17.1 Å². The fourth-order valence-corrected chi connectivity index (χ4v) is 4.80. The SMILES string of the molecule is COCCn1c(SCC(=O)Nc2cccc3ccccc23)nnc1-c1cc2ccccc2cc1O. The number of fused-ring (bicyclic) bond motifs is 2. The molecule has 35 heavy (non-hydrogen) atoms. The van der Waals surface area contributed by atoms with Gasteiger partial charge in [-0.2, -0.15) is 0 Å². The molecular weight excluding hydrogens is 460 g/mol. The number of rotatable bonds is 8. The molecule has 0 unspecified atom stereocenters. The van der Waals surface area contributed by atoms with E-state index >= 15 is 0 Å². The molecule has 4 aromatic carbocycles. The molecule has 0 atom stereocenters. The van der Waals surface area contributed by atoms with Gasteiger partial charge >= 0.3 is 0 Å². The molecular formula is C27H24N4O3S. The van der Waals surface area contributed by atoms with Gasteiger partial charge in [0.25, 0.3) is 0 Å². The fraction of sp³-hybridized carbons (Fsp3) is 0.148. The van der Waals surface area contributed by atoms with Crippen molar-refractivity contribution >= 4 is 44.9 Å². The smallest absolute Gasteiger partial charge is 0.234 e. The molecule has 0 fully saturated rings. The molecule has 176 valence electrons. The van der Waals surface area contributed by atoms with Crippen LogP contribution in [-0.4, -0.2) is 45.2 Å². The normalized spacial score (nSPS) is 11.2. The molecule has 5 rings (SSSR count). The summed E-state index contributed by atoms with van der Waals surface area (Å²) in [6, 6.07) is 25.2. The summed E-state index contributed by atoms with van der Waals surface area (Å²) in [5.41, 5.74) is 1.36. The maximum Gasteiger partial charge on any atom is 0.234 e. The van der Waals surface area contributed by atoms with Gasteiger partial charge < -0.3 is 15.2 Å². The van der Waals surface area contributed by atoms with Crippen LogP contribution in [0.3, 0.4) is 0 Å². The zero-order valence-corrected chi connectivity index (χ0v) is 20.0. The number of hydrogen-bond acceptors (Lipinski definition) is 6. The van der Waals surface area contributed by atoms with Crippen LogP contribution in [0.4, 0.5) is 5.69 Å². The summed E-state index contributed by atoms with van der Waals surface area (Å²) in [6.45, 7) is 0.924. The second kappa shape index (κ2) is 10.2. The quantitative estimate of drug-likeness (QED) is 0.289. The summed E-state index contributed by atoms with van der Waals surface area (Å²) in [5.74, 6) is 0.683. The number of benzene rings is 4. The number of phenols is 1. The Morgan fingerprint density at radius 3 is 2.49 bits per heavy atom. The molecule has 0 saturated heterocycles. The molecule has 5 aromatic rings. The van der Waals surface area contributed by atoms with Crippen LogP contribution in [0, 0.1) is 0 Å². The second-order valence-electron chi connectivity index (χ2n) is 8.03. The van der Waals surface area contributed by atoms with E-state index in [0.717, 1.165) is 27.2 Å². The number of methoxy groups -OCH3 is 1. The van der Waals surface area contributed by atoms with Crippen LogP contribution in [0.15, 0.2) is 84.0 Å². The average molecular weight is 485 g/mol. The Labute approximate surface area is 206 Å². The van der Waals surface area contributed by atoms with Crippen molar-refractivity contribution in [3.63, 3.8) is 0 Å². The highest BCUT2D eigenvalue weighted by molar-refractivity contribution is 7.99. The maximum atomic E-state index is 12.8. The first-order chi connectivity index (χ1) is 17.1. The van der Waals surface area contributed by atoms with E-state index in [1.54, 1.807) is 13.2 Å². The van der Waals surface area contributed by atoms with E-state index in [4.69, 9.17) is 4.74 Å².